The molecule has 3 rings (SSSR count). The smallest absolute Gasteiger partial charge is 0.262 e. The van der Waals surface area contributed by atoms with Crippen molar-refractivity contribution in [1.82, 2.24) is 0 Å². The number of benzene rings is 2. The highest BCUT2D eigenvalue weighted by Crippen LogP contribution is 2.31. The minimum atomic E-state index is -3.69. The lowest BCUT2D eigenvalue weighted by Crippen LogP contribution is -2.25. The molecule has 2 aromatic carbocycles. The topological polar surface area (TPSA) is 84.5 Å². The Hall–Kier alpha value is -2.54. The number of hydrogen-bond acceptors (Lipinski definition) is 4. The van der Waals surface area contributed by atoms with Gasteiger partial charge in [0.25, 0.3) is 15.9 Å². The first-order valence-electron chi connectivity index (χ1n) is 7.66. The van der Waals surface area contributed by atoms with E-state index in [0.29, 0.717) is 17.1 Å². The second-order valence-corrected chi connectivity index (χ2v) is 7.23. The molecule has 6 nitrogen and oxygen atoms in total. The number of hydrogen-bond donors (Lipinski definition) is 2. The SMILES string of the molecule is CCCc1ccc(S(=O)(=O)Nc2ccc3c(c2)NC(=O)CO3)cc1. The lowest BCUT2D eigenvalue weighted by atomic mass is 10.1. The Morgan fingerprint density at radius 1 is 1.17 bits per heavy atom. The van der Waals surface area contributed by atoms with E-state index in [2.05, 4.69) is 17.0 Å². The fourth-order valence-electron chi connectivity index (χ4n) is 2.48. The number of amides is 1. The predicted octanol–water partition coefficient (Wildman–Crippen LogP) is 2.77. The zero-order chi connectivity index (χ0) is 17.2. The summed E-state index contributed by atoms with van der Waals surface area (Å²) in [7, 11) is -3.69. The molecule has 0 unspecified atom stereocenters. The summed E-state index contributed by atoms with van der Waals surface area (Å²) in [6, 6.07) is 11.6. The number of anilines is 2. The van der Waals surface area contributed by atoms with Crippen LogP contribution in [0.4, 0.5) is 11.4 Å². The lowest BCUT2D eigenvalue weighted by molar-refractivity contribution is -0.118. The van der Waals surface area contributed by atoms with Gasteiger partial charge in [-0.25, -0.2) is 8.42 Å². The molecule has 0 aromatic heterocycles. The molecule has 1 heterocycles. The van der Waals surface area contributed by atoms with Gasteiger partial charge in [-0.1, -0.05) is 25.5 Å². The van der Waals surface area contributed by atoms with Gasteiger partial charge in [-0.3, -0.25) is 9.52 Å². The Morgan fingerprint density at radius 3 is 2.62 bits per heavy atom. The number of nitrogens with one attached hydrogen (secondary N) is 2. The summed E-state index contributed by atoms with van der Waals surface area (Å²) in [6.07, 6.45) is 1.92. The van der Waals surface area contributed by atoms with Crippen LogP contribution in [-0.4, -0.2) is 20.9 Å². The van der Waals surface area contributed by atoms with Gasteiger partial charge in [-0.05, 0) is 42.3 Å². The minimum Gasteiger partial charge on any atom is -0.482 e. The molecule has 0 radical (unpaired) electrons. The van der Waals surface area contributed by atoms with Crippen molar-refractivity contribution < 1.29 is 17.9 Å². The lowest BCUT2D eigenvalue weighted by Gasteiger charge is -2.19. The zero-order valence-electron chi connectivity index (χ0n) is 13.2. The number of carbonyl (C=O) groups is 1. The summed E-state index contributed by atoms with van der Waals surface area (Å²) >= 11 is 0. The van der Waals surface area contributed by atoms with Crippen molar-refractivity contribution in [2.24, 2.45) is 0 Å². The molecule has 0 aliphatic carbocycles. The quantitative estimate of drug-likeness (QED) is 0.872. The van der Waals surface area contributed by atoms with Crippen molar-refractivity contribution in [2.75, 3.05) is 16.6 Å². The van der Waals surface area contributed by atoms with Crippen LogP contribution in [0, 0.1) is 0 Å². The van der Waals surface area contributed by atoms with E-state index >= 15 is 0 Å². The van der Waals surface area contributed by atoms with E-state index < -0.39 is 10.0 Å². The summed E-state index contributed by atoms with van der Waals surface area (Å²) < 4.78 is 32.7. The van der Waals surface area contributed by atoms with Gasteiger partial charge in [-0.2, -0.15) is 0 Å². The molecule has 24 heavy (non-hydrogen) atoms. The average Bonchev–Trinajstić information content (AvgIpc) is 2.55. The van der Waals surface area contributed by atoms with Gasteiger partial charge in [0.2, 0.25) is 0 Å². The van der Waals surface area contributed by atoms with Crippen molar-refractivity contribution in [3.8, 4) is 5.75 Å². The molecule has 0 saturated carbocycles. The highest BCUT2D eigenvalue weighted by molar-refractivity contribution is 7.92. The van der Waals surface area contributed by atoms with Crippen molar-refractivity contribution in [1.29, 1.82) is 0 Å². The number of rotatable bonds is 5. The molecule has 2 aromatic rings. The fraction of sp³-hybridized carbons (Fsp3) is 0.235. The first kappa shape index (κ1) is 16.3. The number of sulfonamides is 1. The van der Waals surface area contributed by atoms with Crippen LogP contribution in [0.3, 0.4) is 0 Å². The van der Waals surface area contributed by atoms with E-state index in [9.17, 15) is 13.2 Å². The van der Waals surface area contributed by atoms with Crippen LogP contribution in [0.15, 0.2) is 47.4 Å². The Labute approximate surface area is 140 Å². The molecule has 1 aliphatic rings. The fourth-order valence-corrected chi connectivity index (χ4v) is 3.53. The standard InChI is InChI=1S/C17H18N2O4S/c1-2-3-12-4-7-14(8-5-12)24(21,22)19-13-6-9-16-15(10-13)18-17(20)11-23-16/h4-10,19H,2-3,11H2,1H3,(H,18,20). The van der Waals surface area contributed by atoms with Gasteiger partial charge >= 0.3 is 0 Å². The summed E-state index contributed by atoms with van der Waals surface area (Å²) in [6.45, 7) is 2.03. The average molecular weight is 346 g/mol. The van der Waals surface area contributed by atoms with Crippen LogP contribution in [0.5, 0.6) is 5.75 Å². The molecule has 0 bridgehead atoms. The van der Waals surface area contributed by atoms with Gasteiger partial charge in [0.1, 0.15) is 5.75 Å². The van der Waals surface area contributed by atoms with Crippen LogP contribution in [0.25, 0.3) is 0 Å². The number of fused-ring (bicyclic) bond motifs is 1. The maximum Gasteiger partial charge on any atom is 0.262 e. The van der Waals surface area contributed by atoms with Gasteiger partial charge in [0.05, 0.1) is 16.3 Å². The molecule has 2 N–H and O–H groups in total. The van der Waals surface area contributed by atoms with Gasteiger partial charge in [0, 0.05) is 0 Å². The largest absolute Gasteiger partial charge is 0.482 e. The molecular formula is C17H18N2O4S. The monoisotopic (exact) mass is 346 g/mol. The van der Waals surface area contributed by atoms with Crippen molar-refractivity contribution >= 4 is 27.3 Å². The van der Waals surface area contributed by atoms with E-state index in [4.69, 9.17) is 4.74 Å². The van der Waals surface area contributed by atoms with Crippen molar-refractivity contribution in [3.05, 3.63) is 48.0 Å². The van der Waals surface area contributed by atoms with Crippen LogP contribution >= 0.6 is 0 Å². The highest BCUT2D eigenvalue weighted by Gasteiger charge is 2.18. The molecule has 1 aliphatic heterocycles. The summed E-state index contributed by atoms with van der Waals surface area (Å²) in [5.74, 6) is 0.246. The summed E-state index contributed by atoms with van der Waals surface area (Å²) in [5.41, 5.74) is 1.91. The highest BCUT2D eigenvalue weighted by atomic mass is 32.2. The molecular weight excluding hydrogens is 328 g/mol. The van der Waals surface area contributed by atoms with Crippen LogP contribution in [-0.2, 0) is 21.2 Å². The van der Waals surface area contributed by atoms with Gasteiger partial charge in [-0.15, -0.1) is 0 Å². The maximum absolute atomic E-state index is 12.5. The van der Waals surface area contributed by atoms with Crippen LogP contribution in [0.2, 0.25) is 0 Å². The third-order valence-electron chi connectivity index (χ3n) is 3.64. The summed E-state index contributed by atoms with van der Waals surface area (Å²) in [5, 5.41) is 2.65. The molecule has 0 spiro atoms. The Kier molecular flexibility index (Phi) is 4.44. The first-order chi connectivity index (χ1) is 11.5. The van der Waals surface area contributed by atoms with Crippen molar-refractivity contribution in [2.45, 2.75) is 24.7 Å². The third-order valence-corrected chi connectivity index (χ3v) is 5.03. The minimum absolute atomic E-state index is 0.0395. The van der Waals surface area contributed by atoms with E-state index in [1.807, 2.05) is 12.1 Å². The van der Waals surface area contributed by atoms with E-state index in [1.54, 1.807) is 24.3 Å². The number of ether oxygens (including phenoxy) is 1. The molecule has 0 saturated heterocycles. The molecule has 0 fully saturated rings. The Bertz CT molecular complexity index is 861. The maximum atomic E-state index is 12.5. The second-order valence-electron chi connectivity index (χ2n) is 5.55. The number of aryl methyl sites for hydroxylation is 1. The Balaban J connectivity index is 1.81. The summed E-state index contributed by atoms with van der Waals surface area (Å²) in [4.78, 5) is 11.5. The van der Waals surface area contributed by atoms with Crippen LogP contribution < -0.4 is 14.8 Å². The van der Waals surface area contributed by atoms with Crippen LogP contribution in [0.1, 0.15) is 18.9 Å². The Morgan fingerprint density at radius 2 is 1.92 bits per heavy atom. The molecule has 7 heteroatoms. The first-order valence-corrected chi connectivity index (χ1v) is 9.15. The molecule has 126 valence electrons. The third kappa shape index (κ3) is 3.51. The second kappa shape index (κ2) is 6.52. The zero-order valence-corrected chi connectivity index (χ0v) is 14.0. The van der Waals surface area contributed by atoms with E-state index in [0.717, 1.165) is 18.4 Å². The van der Waals surface area contributed by atoms with Gasteiger partial charge < -0.3 is 10.1 Å². The van der Waals surface area contributed by atoms with Crippen molar-refractivity contribution in [3.63, 3.8) is 0 Å². The molecule has 0 atom stereocenters. The van der Waals surface area contributed by atoms with E-state index in [1.165, 1.54) is 6.07 Å². The predicted molar refractivity (Wildman–Crippen MR) is 91.8 cm³/mol. The normalized spacial score (nSPS) is 13.6. The molecule has 1 amide bonds. The van der Waals surface area contributed by atoms with Gasteiger partial charge in [0.15, 0.2) is 6.61 Å². The van der Waals surface area contributed by atoms with E-state index in [-0.39, 0.29) is 17.4 Å². The number of carbonyl (C=O) groups excluding carboxylic acids is 1.